The van der Waals surface area contributed by atoms with Gasteiger partial charge in [-0.2, -0.15) is 9.78 Å². The largest absolute Gasteiger partial charge is 0.369 e. The van der Waals surface area contributed by atoms with Crippen LogP contribution >= 0.6 is 11.6 Å². The summed E-state index contributed by atoms with van der Waals surface area (Å²) in [6.45, 7) is -0.524. The highest BCUT2D eigenvalue weighted by Crippen LogP contribution is 2.18. The second-order valence-corrected chi connectivity index (χ2v) is 6.72. The molecule has 154 valence electrons. The van der Waals surface area contributed by atoms with Crippen molar-refractivity contribution in [2.45, 2.75) is 13.2 Å². The van der Waals surface area contributed by atoms with E-state index in [9.17, 15) is 19.2 Å². The Bertz CT molecular complexity index is 1200. The molecule has 0 aliphatic heterocycles. The number of carbonyl (C=O) groups is 2. The average molecular weight is 429 g/mol. The molecule has 1 amide bonds. The van der Waals surface area contributed by atoms with Crippen LogP contribution in [-0.2, 0) is 22.7 Å². The third-order valence-electron chi connectivity index (χ3n) is 4.13. The normalized spacial score (nSPS) is 10.7. The lowest BCUT2D eigenvalue weighted by Gasteiger charge is -2.10. The number of hydrogen-bond donors (Lipinski definition) is 1. The summed E-state index contributed by atoms with van der Waals surface area (Å²) < 4.78 is 6.96. The number of carbonyl (C=O) groups excluding carboxylic acids is 2. The molecule has 3 aromatic rings. The van der Waals surface area contributed by atoms with Crippen molar-refractivity contribution in [1.82, 2.24) is 14.3 Å². The zero-order chi connectivity index (χ0) is 21.7. The van der Waals surface area contributed by atoms with Gasteiger partial charge in [0.2, 0.25) is 5.91 Å². The van der Waals surface area contributed by atoms with E-state index in [1.54, 1.807) is 0 Å². The molecular weight excluding hydrogens is 412 g/mol. The number of ketones is 1. The number of nitrogens with zero attached hydrogens (tertiary/aromatic N) is 3. The second kappa shape index (κ2) is 9.29. The van der Waals surface area contributed by atoms with Crippen LogP contribution in [0.15, 0.2) is 64.3 Å². The lowest BCUT2D eigenvalue weighted by atomic mass is 10.2. The van der Waals surface area contributed by atoms with Gasteiger partial charge in [0, 0.05) is 0 Å². The predicted molar refractivity (Wildman–Crippen MR) is 109 cm³/mol. The molecule has 0 bridgehead atoms. The van der Waals surface area contributed by atoms with Gasteiger partial charge in [0.15, 0.2) is 5.78 Å². The van der Waals surface area contributed by atoms with Crippen LogP contribution in [0.2, 0.25) is 5.02 Å². The number of Topliss-reactive ketones (excluding diaryl/α,β-unsaturated/α-hetero) is 1. The predicted octanol–water partition coefficient (Wildman–Crippen LogP) is 0.932. The highest BCUT2D eigenvalue weighted by molar-refractivity contribution is 6.33. The number of aromatic nitrogens is 3. The van der Waals surface area contributed by atoms with Gasteiger partial charge in [-0.1, -0.05) is 41.9 Å². The Hall–Kier alpha value is -3.56. The van der Waals surface area contributed by atoms with Crippen LogP contribution < -0.4 is 17.0 Å². The van der Waals surface area contributed by atoms with E-state index in [4.69, 9.17) is 22.1 Å². The first-order valence-corrected chi connectivity index (χ1v) is 9.17. The van der Waals surface area contributed by atoms with Gasteiger partial charge in [-0.3, -0.25) is 14.4 Å². The molecule has 1 aromatic heterocycles. The molecule has 0 saturated carbocycles. The number of nitrogens with two attached hydrogens (primary N) is 1. The molecule has 10 heteroatoms. The molecule has 0 unspecified atom stereocenters. The Labute approximate surface area is 175 Å². The maximum atomic E-state index is 12.7. The van der Waals surface area contributed by atoms with Crippen molar-refractivity contribution in [3.8, 4) is 5.69 Å². The average Bonchev–Trinajstić information content (AvgIpc) is 2.72. The third-order valence-corrected chi connectivity index (χ3v) is 4.46. The van der Waals surface area contributed by atoms with Crippen molar-refractivity contribution >= 4 is 23.3 Å². The van der Waals surface area contributed by atoms with E-state index in [0.29, 0.717) is 0 Å². The number of primary amides is 1. The number of ether oxygens (including phenoxy) is 1. The summed E-state index contributed by atoms with van der Waals surface area (Å²) >= 11 is 5.91. The van der Waals surface area contributed by atoms with Gasteiger partial charge in [-0.05, 0) is 23.8 Å². The van der Waals surface area contributed by atoms with Crippen LogP contribution in [0.3, 0.4) is 0 Å². The lowest BCUT2D eigenvalue weighted by Crippen LogP contribution is -2.42. The molecule has 2 N–H and O–H groups in total. The second-order valence-electron chi connectivity index (χ2n) is 6.31. The monoisotopic (exact) mass is 428 g/mol. The Morgan fingerprint density at radius 3 is 2.53 bits per heavy atom. The molecule has 3 rings (SSSR count). The van der Waals surface area contributed by atoms with Crippen LogP contribution in [0.1, 0.15) is 15.9 Å². The molecule has 9 nitrogen and oxygen atoms in total. The van der Waals surface area contributed by atoms with E-state index >= 15 is 0 Å². The van der Waals surface area contributed by atoms with Crippen LogP contribution in [0, 0.1) is 0 Å². The van der Waals surface area contributed by atoms with Gasteiger partial charge in [0.1, 0.15) is 12.8 Å². The van der Waals surface area contributed by atoms with Crippen LogP contribution in [0.25, 0.3) is 5.69 Å². The Morgan fingerprint density at radius 1 is 1.10 bits per heavy atom. The highest BCUT2D eigenvalue weighted by atomic mass is 35.5. The van der Waals surface area contributed by atoms with E-state index < -0.39 is 29.5 Å². The van der Waals surface area contributed by atoms with Gasteiger partial charge in [-0.15, -0.1) is 0 Å². The minimum Gasteiger partial charge on any atom is -0.369 e. The molecule has 0 atom stereocenters. The fourth-order valence-electron chi connectivity index (χ4n) is 2.67. The van der Waals surface area contributed by atoms with Gasteiger partial charge in [0.05, 0.1) is 29.4 Å². The van der Waals surface area contributed by atoms with E-state index in [-0.39, 0.29) is 29.5 Å². The van der Waals surface area contributed by atoms with E-state index in [1.807, 2.05) is 30.3 Å². The number of rotatable bonds is 8. The summed E-state index contributed by atoms with van der Waals surface area (Å²) in [5.41, 5.74) is 4.72. The van der Waals surface area contributed by atoms with E-state index in [0.717, 1.165) is 21.0 Å². The Morgan fingerprint density at radius 2 is 1.83 bits per heavy atom. The van der Waals surface area contributed by atoms with E-state index in [1.165, 1.54) is 18.2 Å². The molecular formula is C20H17ClN4O5. The van der Waals surface area contributed by atoms with Crippen molar-refractivity contribution in [3.63, 3.8) is 0 Å². The van der Waals surface area contributed by atoms with Crippen molar-refractivity contribution in [2.75, 3.05) is 6.61 Å². The quantitative estimate of drug-likeness (QED) is 0.568. The third kappa shape index (κ3) is 4.88. The summed E-state index contributed by atoms with van der Waals surface area (Å²) in [6, 6.07) is 13.3. The first-order chi connectivity index (χ1) is 14.4. The first-order valence-electron chi connectivity index (χ1n) is 8.79. The first kappa shape index (κ1) is 21.2. The lowest BCUT2D eigenvalue weighted by molar-refractivity contribution is -0.124. The summed E-state index contributed by atoms with van der Waals surface area (Å²) in [5, 5.41) is 3.89. The summed E-state index contributed by atoms with van der Waals surface area (Å²) in [6.07, 6.45) is 0.901. The molecule has 0 aliphatic carbocycles. The summed E-state index contributed by atoms with van der Waals surface area (Å²) in [5.74, 6) is -1.24. The molecule has 0 spiro atoms. The Kier molecular flexibility index (Phi) is 6.55. The van der Waals surface area contributed by atoms with Crippen LogP contribution in [0.5, 0.6) is 0 Å². The van der Waals surface area contributed by atoms with Gasteiger partial charge in [0.25, 0.3) is 5.56 Å². The SMILES string of the molecule is NC(=O)c1cc(-n2ncc(=O)n(CC(=O)COCc3ccccc3)c2=O)ccc1Cl. The topological polar surface area (TPSA) is 126 Å². The van der Waals surface area contributed by atoms with Crippen molar-refractivity contribution < 1.29 is 14.3 Å². The maximum Gasteiger partial charge on any atom is 0.352 e. The van der Waals surface area contributed by atoms with Gasteiger partial charge in [-0.25, -0.2) is 9.36 Å². The van der Waals surface area contributed by atoms with Crippen molar-refractivity contribution in [1.29, 1.82) is 0 Å². The van der Waals surface area contributed by atoms with E-state index in [2.05, 4.69) is 5.10 Å². The molecule has 2 aromatic carbocycles. The molecule has 1 heterocycles. The number of amides is 1. The molecule has 0 aliphatic rings. The summed E-state index contributed by atoms with van der Waals surface area (Å²) in [4.78, 5) is 48.5. The fourth-order valence-corrected chi connectivity index (χ4v) is 2.88. The number of benzene rings is 2. The highest BCUT2D eigenvalue weighted by Gasteiger charge is 2.14. The molecule has 0 saturated heterocycles. The Balaban J connectivity index is 1.79. The number of halogens is 1. The number of hydrogen-bond acceptors (Lipinski definition) is 6. The van der Waals surface area contributed by atoms with Crippen LogP contribution in [0.4, 0.5) is 0 Å². The molecule has 30 heavy (non-hydrogen) atoms. The van der Waals surface area contributed by atoms with Crippen LogP contribution in [-0.4, -0.2) is 32.6 Å². The smallest absolute Gasteiger partial charge is 0.352 e. The zero-order valence-corrected chi connectivity index (χ0v) is 16.4. The minimum atomic E-state index is -0.850. The van der Waals surface area contributed by atoms with Crippen molar-refractivity contribution in [2.24, 2.45) is 5.73 Å². The maximum absolute atomic E-state index is 12.7. The summed E-state index contributed by atoms with van der Waals surface area (Å²) in [7, 11) is 0. The van der Waals surface area contributed by atoms with Crippen molar-refractivity contribution in [3.05, 3.63) is 91.7 Å². The van der Waals surface area contributed by atoms with Gasteiger partial charge >= 0.3 is 5.69 Å². The zero-order valence-electron chi connectivity index (χ0n) is 15.7. The standard InChI is InChI=1S/C20H17ClN4O5/c21-17-7-6-14(8-16(17)19(22)28)25-20(29)24(18(27)9-23-25)10-15(26)12-30-11-13-4-2-1-3-5-13/h1-9H,10-12H2,(H2,22,28). The van der Waals surface area contributed by atoms with Gasteiger partial charge < -0.3 is 10.5 Å². The molecule has 0 fully saturated rings. The minimum absolute atomic E-state index is 0.00833. The fraction of sp³-hybridized carbons (Fsp3) is 0.150. The molecule has 0 radical (unpaired) electrons.